The molecule has 5 rings (SSSR count). The lowest BCUT2D eigenvalue weighted by Gasteiger charge is -2.20. The molecule has 0 N–H and O–H groups in total. The van der Waals surface area contributed by atoms with E-state index >= 15 is 0 Å². The maximum absolute atomic E-state index is 13.9. The summed E-state index contributed by atoms with van der Waals surface area (Å²) in [7, 11) is 1.59. The van der Waals surface area contributed by atoms with E-state index in [4.69, 9.17) is 4.74 Å². The van der Waals surface area contributed by atoms with Gasteiger partial charge in [-0.3, -0.25) is 14.5 Å². The molecule has 7 nitrogen and oxygen atoms in total. The molecule has 0 radical (unpaired) electrons. The monoisotopic (exact) mass is 470 g/mol. The minimum Gasteiger partial charge on any atom is -0.383 e. The molecule has 2 heterocycles. The molecule has 0 saturated heterocycles. The van der Waals surface area contributed by atoms with Gasteiger partial charge in [0.2, 0.25) is 0 Å². The van der Waals surface area contributed by atoms with Gasteiger partial charge in [0.05, 0.1) is 35.3 Å². The van der Waals surface area contributed by atoms with Crippen molar-refractivity contribution in [3.63, 3.8) is 0 Å². The Kier molecular flexibility index (Phi) is 6.16. The molecule has 0 aliphatic carbocycles. The van der Waals surface area contributed by atoms with Crippen LogP contribution in [0.1, 0.15) is 16.1 Å². The molecule has 0 bridgehead atoms. The number of methoxy groups -OCH3 is 1. The van der Waals surface area contributed by atoms with Crippen molar-refractivity contribution in [3.8, 4) is 0 Å². The van der Waals surface area contributed by atoms with Gasteiger partial charge in [0.25, 0.3) is 11.5 Å². The van der Waals surface area contributed by atoms with Crippen LogP contribution in [0.15, 0.2) is 83.7 Å². The van der Waals surface area contributed by atoms with Crippen molar-refractivity contribution < 1.29 is 9.53 Å². The number of carbonyl (C=O) groups excluding carboxylic acids is 1. The quantitative estimate of drug-likeness (QED) is 0.354. The molecule has 0 aliphatic rings. The Hall–Kier alpha value is -3.88. The molecule has 0 atom stereocenters. The normalized spacial score (nSPS) is 11.2. The van der Waals surface area contributed by atoms with E-state index in [-0.39, 0.29) is 23.7 Å². The third-order valence-electron chi connectivity index (χ3n) is 5.52. The fraction of sp³-hybridized carbons (Fsp3) is 0.154. The first-order valence-electron chi connectivity index (χ1n) is 10.9. The molecule has 3 aromatic carbocycles. The van der Waals surface area contributed by atoms with E-state index in [2.05, 4.69) is 10.1 Å². The van der Waals surface area contributed by atoms with E-state index in [1.165, 1.54) is 16.0 Å². The molecule has 1 amide bonds. The van der Waals surface area contributed by atoms with Gasteiger partial charge in [-0.15, -0.1) is 0 Å². The van der Waals surface area contributed by atoms with Gasteiger partial charge in [0.1, 0.15) is 0 Å². The maximum Gasteiger partial charge on any atom is 0.281 e. The van der Waals surface area contributed by atoms with Crippen molar-refractivity contribution in [1.29, 1.82) is 0 Å². The number of carbonyl (C=O) groups is 1. The number of fused-ring (bicyclic) bond motifs is 2. The van der Waals surface area contributed by atoms with Gasteiger partial charge in [-0.2, -0.15) is 5.10 Å². The molecule has 0 aliphatic heterocycles. The smallest absolute Gasteiger partial charge is 0.281 e. The van der Waals surface area contributed by atoms with E-state index in [0.29, 0.717) is 29.1 Å². The first-order chi connectivity index (χ1) is 16.7. The Morgan fingerprint density at radius 2 is 1.68 bits per heavy atom. The highest BCUT2D eigenvalue weighted by molar-refractivity contribution is 7.22. The molecule has 0 unspecified atom stereocenters. The molecule has 34 heavy (non-hydrogen) atoms. The van der Waals surface area contributed by atoms with Crippen LogP contribution in [-0.4, -0.2) is 40.9 Å². The number of thiazole rings is 1. The standard InChI is InChI=1S/C26H22N4O3S/c1-33-16-15-29(26-27-21-13-7-8-14-22(21)34-26)25(32)23-19-11-5-6-12-20(19)24(31)30(28-23)17-18-9-3-2-4-10-18/h2-14H,15-17H2,1H3. The van der Waals surface area contributed by atoms with Crippen LogP contribution in [0.3, 0.4) is 0 Å². The Balaban J connectivity index is 1.63. The number of ether oxygens (including phenoxy) is 1. The summed E-state index contributed by atoms with van der Waals surface area (Å²) in [4.78, 5) is 33.4. The molecule has 2 aromatic heterocycles. The van der Waals surface area contributed by atoms with Crippen LogP contribution in [0.5, 0.6) is 0 Å². The van der Waals surface area contributed by atoms with Gasteiger partial charge in [0, 0.05) is 12.5 Å². The number of benzene rings is 3. The number of amides is 1. The van der Waals surface area contributed by atoms with E-state index in [0.717, 1.165) is 15.8 Å². The number of hydrogen-bond donors (Lipinski definition) is 0. The summed E-state index contributed by atoms with van der Waals surface area (Å²) in [6.07, 6.45) is 0. The van der Waals surface area contributed by atoms with Gasteiger partial charge in [-0.1, -0.05) is 72.0 Å². The Morgan fingerprint density at radius 3 is 2.44 bits per heavy atom. The first kappa shape index (κ1) is 21.9. The van der Waals surface area contributed by atoms with E-state index in [9.17, 15) is 9.59 Å². The number of anilines is 1. The number of aromatic nitrogens is 3. The highest BCUT2D eigenvalue weighted by Crippen LogP contribution is 2.30. The van der Waals surface area contributed by atoms with Crippen molar-refractivity contribution in [2.75, 3.05) is 25.2 Å². The number of para-hydroxylation sites is 1. The molecular weight excluding hydrogens is 448 g/mol. The van der Waals surface area contributed by atoms with Gasteiger partial charge in [-0.05, 0) is 23.8 Å². The molecule has 170 valence electrons. The number of rotatable bonds is 7. The molecular formula is C26H22N4O3S. The second-order valence-electron chi connectivity index (χ2n) is 7.76. The predicted molar refractivity (Wildman–Crippen MR) is 135 cm³/mol. The largest absolute Gasteiger partial charge is 0.383 e. The van der Waals surface area contributed by atoms with E-state index in [1.54, 1.807) is 36.3 Å². The number of nitrogens with zero attached hydrogens (tertiary/aromatic N) is 4. The van der Waals surface area contributed by atoms with Crippen LogP contribution >= 0.6 is 11.3 Å². The third-order valence-corrected chi connectivity index (χ3v) is 6.58. The average molecular weight is 471 g/mol. The lowest BCUT2D eigenvalue weighted by atomic mass is 10.1. The maximum atomic E-state index is 13.9. The summed E-state index contributed by atoms with van der Waals surface area (Å²) in [6.45, 7) is 0.913. The topological polar surface area (TPSA) is 77.3 Å². The molecule has 5 aromatic rings. The Bertz CT molecular complexity index is 1490. The van der Waals surface area contributed by atoms with Crippen molar-refractivity contribution in [1.82, 2.24) is 14.8 Å². The van der Waals surface area contributed by atoms with Gasteiger partial charge >= 0.3 is 0 Å². The minimum atomic E-state index is -0.325. The highest BCUT2D eigenvalue weighted by atomic mass is 32.1. The van der Waals surface area contributed by atoms with Crippen LogP contribution in [0.2, 0.25) is 0 Å². The van der Waals surface area contributed by atoms with Crippen LogP contribution in [0.4, 0.5) is 5.13 Å². The molecule has 0 fully saturated rings. The van der Waals surface area contributed by atoms with Crippen LogP contribution in [0.25, 0.3) is 21.0 Å². The van der Waals surface area contributed by atoms with Gasteiger partial charge in [0.15, 0.2) is 10.8 Å². The van der Waals surface area contributed by atoms with Crippen molar-refractivity contribution in [2.24, 2.45) is 0 Å². The average Bonchev–Trinajstić information content (AvgIpc) is 3.30. The second-order valence-corrected chi connectivity index (χ2v) is 8.77. The summed E-state index contributed by atoms with van der Waals surface area (Å²) in [5.74, 6) is -0.325. The lowest BCUT2D eigenvalue weighted by molar-refractivity contribution is 0.0970. The van der Waals surface area contributed by atoms with Gasteiger partial charge < -0.3 is 4.74 Å². The SMILES string of the molecule is COCCN(C(=O)c1nn(Cc2ccccc2)c(=O)c2ccccc12)c1nc2ccccc2s1. The zero-order chi connectivity index (χ0) is 23.5. The fourth-order valence-corrected chi connectivity index (χ4v) is 4.82. The molecule has 0 saturated carbocycles. The summed E-state index contributed by atoms with van der Waals surface area (Å²) in [5.41, 5.74) is 1.72. The predicted octanol–water partition coefficient (Wildman–Crippen LogP) is 4.35. The van der Waals surface area contributed by atoms with E-state index < -0.39 is 0 Å². The lowest BCUT2D eigenvalue weighted by Crippen LogP contribution is -2.36. The summed E-state index contributed by atoms with van der Waals surface area (Å²) in [5, 5.41) is 6.09. The van der Waals surface area contributed by atoms with Crippen molar-refractivity contribution >= 4 is 43.4 Å². The van der Waals surface area contributed by atoms with Crippen molar-refractivity contribution in [3.05, 3.63) is 100 Å². The Labute approximate surface area is 199 Å². The fourth-order valence-electron chi connectivity index (χ4n) is 3.83. The number of hydrogen-bond acceptors (Lipinski definition) is 6. The summed E-state index contributed by atoms with van der Waals surface area (Å²) >= 11 is 1.44. The van der Waals surface area contributed by atoms with E-state index in [1.807, 2.05) is 54.6 Å². The minimum absolute atomic E-state index is 0.210. The van der Waals surface area contributed by atoms with Crippen LogP contribution < -0.4 is 10.5 Å². The third kappa shape index (κ3) is 4.21. The summed E-state index contributed by atoms with van der Waals surface area (Å²) in [6, 6.07) is 24.4. The highest BCUT2D eigenvalue weighted by Gasteiger charge is 2.25. The Morgan fingerprint density at radius 1 is 0.971 bits per heavy atom. The molecule has 8 heteroatoms. The van der Waals surface area contributed by atoms with Crippen LogP contribution in [0, 0.1) is 0 Å². The summed E-state index contributed by atoms with van der Waals surface area (Å²) < 4.78 is 7.62. The molecule has 0 spiro atoms. The van der Waals surface area contributed by atoms with Crippen molar-refractivity contribution in [2.45, 2.75) is 6.54 Å². The first-order valence-corrected chi connectivity index (χ1v) is 11.7. The zero-order valence-corrected chi connectivity index (χ0v) is 19.4. The zero-order valence-electron chi connectivity index (χ0n) is 18.5. The van der Waals surface area contributed by atoms with Gasteiger partial charge in [-0.25, -0.2) is 9.67 Å². The second kappa shape index (κ2) is 9.54. The van der Waals surface area contributed by atoms with Crippen LogP contribution in [-0.2, 0) is 11.3 Å².